The number of nitro groups is 1. The van der Waals surface area contributed by atoms with Gasteiger partial charge in [0.25, 0.3) is 0 Å². The molecule has 1 aliphatic carbocycles. The molecule has 0 aliphatic heterocycles. The molecule has 104 valence electrons. The van der Waals surface area contributed by atoms with Crippen LogP contribution in [0.4, 0.5) is 5.69 Å². The SMILES string of the molecule is NC1(COc2cc(Cl)c(Cl)cc2[N+](=O)[O-])CCCC1. The third kappa shape index (κ3) is 3.29. The molecule has 1 saturated carbocycles. The molecular formula is C12H14Cl2N2O3. The lowest BCUT2D eigenvalue weighted by molar-refractivity contribution is -0.385. The fourth-order valence-electron chi connectivity index (χ4n) is 2.22. The van der Waals surface area contributed by atoms with E-state index in [9.17, 15) is 10.1 Å². The van der Waals surface area contributed by atoms with Gasteiger partial charge in [-0.05, 0) is 12.8 Å². The van der Waals surface area contributed by atoms with Crippen molar-refractivity contribution >= 4 is 28.9 Å². The van der Waals surface area contributed by atoms with Gasteiger partial charge in [-0.25, -0.2) is 0 Å². The molecule has 2 rings (SSSR count). The molecule has 0 atom stereocenters. The summed E-state index contributed by atoms with van der Waals surface area (Å²) in [6.45, 7) is 0.242. The van der Waals surface area contributed by atoms with E-state index in [4.69, 9.17) is 33.7 Å². The molecule has 0 radical (unpaired) electrons. The van der Waals surface area contributed by atoms with Crippen LogP contribution in [0, 0.1) is 10.1 Å². The Morgan fingerprint density at radius 1 is 1.32 bits per heavy atom. The molecule has 1 aliphatic rings. The summed E-state index contributed by atoms with van der Waals surface area (Å²) in [6, 6.07) is 2.55. The highest BCUT2D eigenvalue weighted by Gasteiger charge is 2.31. The summed E-state index contributed by atoms with van der Waals surface area (Å²) in [5.41, 5.74) is 5.55. The molecular weight excluding hydrogens is 291 g/mol. The van der Waals surface area contributed by atoms with Crippen LogP contribution in [0.3, 0.4) is 0 Å². The molecule has 19 heavy (non-hydrogen) atoms. The first-order valence-corrected chi connectivity index (χ1v) is 6.72. The lowest BCUT2D eigenvalue weighted by Gasteiger charge is -2.23. The van der Waals surface area contributed by atoms with Crippen molar-refractivity contribution in [3.63, 3.8) is 0 Å². The Balaban J connectivity index is 2.19. The predicted molar refractivity (Wildman–Crippen MR) is 74.0 cm³/mol. The highest BCUT2D eigenvalue weighted by Crippen LogP contribution is 2.37. The highest BCUT2D eigenvalue weighted by atomic mass is 35.5. The number of hydrogen-bond donors (Lipinski definition) is 1. The molecule has 0 spiro atoms. The summed E-state index contributed by atoms with van der Waals surface area (Å²) in [7, 11) is 0. The molecule has 5 nitrogen and oxygen atoms in total. The van der Waals surface area contributed by atoms with Gasteiger partial charge in [0.15, 0.2) is 5.75 Å². The van der Waals surface area contributed by atoms with Crippen molar-refractivity contribution in [2.45, 2.75) is 31.2 Å². The van der Waals surface area contributed by atoms with Crippen LogP contribution in [0.1, 0.15) is 25.7 Å². The van der Waals surface area contributed by atoms with Crippen LogP contribution in [0.15, 0.2) is 12.1 Å². The van der Waals surface area contributed by atoms with Gasteiger partial charge in [-0.2, -0.15) is 0 Å². The van der Waals surface area contributed by atoms with Gasteiger partial charge in [0.2, 0.25) is 0 Å². The number of ether oxygens (including phenoxy) is 1. The number of nitrogens with zero attached hydrogens (tertiary/aromatic N) is 1. The lowest BCUT2D eigenvalue weighted by atomic mass is 10.0. The Labute approximate surface area is 120 Å². The van der Waals surface area contributed by atoms with Crippen molar-refractivity contribution in [3.8, 4) is 5.75 Å². The number of nitrogens with two attached hydrogens (primary N) is 1. The fourth-order valence-corrected chi connectivity index (χ4v) is 2.53. The third-order valence-corrected chi connectivity index (χ3v) is 4.04. The lowest BCUT2D eigenvalue weighted by Crippen LogP contribution is -2.42. The first-order valence-electron chi connectivity index (χ1n) is 5.96. The Morgan fingerprint density at radius 3 is 2.47 bits per heavy atom. The van der Waals surface area contributed by atoms with Crippen molar-refractivity contribution in [1.82, 2.24) is 0 Å². The van der Waals surface area contributed by atoms with Crippen molar-refractivity contribution in [2.24, 2.45) is 5.73 Å². The fraction of sp³-hybridized carbons (Fsp3) is 0.500. The number of benzene rings is 1. The quantitative estimate of drug-likeness (QED) is 0.681. The van der Waals surface area contributed by atoms with Crippen LogP contribution in [0.2, 0.25) is 10.0 Å². The summed E-state index contributed by atoms with van der Waals surface area (Å²) >= 11 is 11.6. The summed E-state index contributed by atoms with van der Waals surface area (Å²) < 4.78 is 5.51. The summed E-state index contributed by atoms with van der Waals surface area (Å²) in [5, 5.41) is 11.3. The Hall–Kier alpha value is -1.04. The van der Waals surface area contributed by atoms with Gasteiger partial charge < -0.3 is 10.5 Å². The topological polar surface area (TPSA) is 78.4 Å². The van der Waals surface area contributed by atoms with Crippen LogP contribution >= 0.6 is 23.2 Å². The van der Waals surface area contributed by atoms with Gasteiger partial charge in [-0.1, -0.05) is 36.0 Å². The second kappa shape index (κ2) is 5.53. The molecule has 2 N–H and O–H groups in total. The second-order valence-corrected chi connectivity index (χ2v) is 5.66. The maximum atomic E-state index is 11.0. The smallest absolute Gasteiger partial charge is 0.312 e. The zero-order chi connectivity index (χ0) is 14.0. The maximum Gasteiger partial charge on any atom is 0.312 e. The Morgan fingerprint density at radius 2 is 1.89 bits per heavy atom. The van der Waals surface area contributed by atoms with E-state index in [1.807, 2.05) is 0 Å². The first-order chi connectivity index (χ1) is 8.91. The normalized spacial score (nSPS) is 17.4. The van der Waals surface area contributed by atoms with E-state index in [0.717, 1.165) is 25.7 Å². The number of hydrogen-bond acceptors (Lipinski definition) is 4. The minimum Gasteiger partial charge on any atom is -0.485 e. The number of halogens is 2. The number of rotatable bonds is 4. The molecule has 0 bridgehead atoms. The zero-order valence-corrected chi connectivity index (χ0v) is 11.7. The third-order valence-electron chi connectivity index (χ3n) is 3.31. The predicted octanol–water partition coefficient (Wildman–Crippen LogP) is 3.55. The van der Waals surface area contributed by atoms with Crippen molar-refractivity contribution in [2.75, 3.05) is 6.61 Å². The monoisotopic (exact) mass is 304 g/mol. The molecule has 7 heteroatoms. The summed E-state index contributed by atoms with van der Waals surface area (Å²) in [4.78, 5) is 10.4. The average Bonchev–Trinajstić information content (AvgIpc) is 2.77. The molecule has 1 aromatic rings. The van der Waals surface area contributed by atoms with E-state index in [2.05, 4.69) is 0 Å². The average molecular weight is 305 g/mol. The van der Waals surface area contributed by atoms with E-state index in [0.29, 0.717) is 0 Å². The van der Waals surface area contributed by atoms with E-state index < -0.39 is 10.5 Å². The number of nitro benzene ring substituents is 1. The van der Waals surface area contributed by atoms with Crippen LogP contribution in [-0.4, -0.2) is 17.1 Å². The molecule has 0 heterocycles. The Kier molecular flexibility index (Phi) is 4.18. The van der Waals surface area contributed by atoms with Gasteiger partial charge in [0, 0.05) is 12.1 Å². The molecule has 0 amide bonds. The minimum atomic E-state index is -0.546. The first kappa shape index (κ1) is 14.4. The molecule has 0 saturated heterocycles. The highest BCUT2D eigenvalue weighted by molar-refractivity contribution is 6.42. The van der Waals surface area contributed by atoms with Gasteiger partial charge in [-0.3, -0.25) is 10.1 Å². The summed E-state index contributed by atoms with van der Waals surface area (Å²) in [6.07, 6.45) is 3.84. The maximum absolute atomic E-state index is 11.0. The van der Waals surface area contributed by atoms with Gasteiger partial charge in [-0.15, -0.1) is 0 Å². The van der Waals surface area contributed by atoms with E-state index >= 15 is 0 Å². The molecule has 0 unspecified atom stereocenters. The van der Waals surface area contributed by atoms with Crippen molar-refractivity contribution in [3.05, 3.63) is 32.3 Å². The molecule has 0 aromatic heterocycles. The van der Waals surface area contributed by atoms with Crippen LogP contribution in [0.5, 0.6) is 5.75 Å². The van der Waals surface area contributed by atoms with E-state index in [1.54, 1.807) is 0 Å². The Bertz CT molecular complexity index is 502. The minimum absolute atomic E-state index is 0.108. The van der Waals surface area contributed by atoms with Gasteiger partial charge >= 0.3 is 5.69 Å². The van der Waals surface area contributed by atoms with Crippen LogP contribution in [0.25, 0.3) is 0 Å². The van der Waals surface area contributed by atoms with Crippen LogP contribution < -0.4 is 10.5 Å². The second-order valence-electron chi connectivity index (χ2n) is 4.85. The van der Waals surface area contributed by atoms with E-state index in [1.165, 1.54) is 12.1 Å². The van der Waals surface area contributed by atoms with Crippen molar-refractivity contribution in [1.29, 1.82) is 0 Å². The summed E-state index contributed by atoms with van der Waals surface area (Å²) in [5.74, 6) is 0.108. The standard InChI is InChI=1S/C12H14Cl2N2O3/c13-8-5-10(16(17)18)11(6-9(8)14)19-7-12(15)3-1-2-4-12/h5-6H,1-4,7,15H2. The largest absolute Gasteiger partial charge is 0.485 e. The van der Waals surface area contributed by atoms with Gasteiger partial charge in [0.1, 0.15) is 6.61 Å². The molecule has 1 aromatic carbocycles. The molecule has 1 fully saturated rings. The van der Waals surface area contributed by atoms with Crippen molar-refractivity contribution < 1.29 is 9.66 Å². The van der Waals surface area contributed by atoms with E-state index in [-0.39, 0.29) is 28.1 Å². The van der Waals surface area contributed by atoms with Gasteiger partial charge in [0.05, 0.1) is 20.5 Å². The van der Waals surface area contributed by atoms with Crippen LogP contribution in [-0.2, 0) is 0 Å². The zero-order valence-electron chi connectivity index (χ0n) is 10.2.